The fourth-order valence-electron chi connectivity index (χ4n) is 2.57. The summed E-state index contributed by atoms with van der Waals surface area (Å²) in [5, 5.41) is 0. The lowest BCUT2D eigenvalue weighted by Gasteiger charge is -2.34. The van der Waals surface area contributed by atoms with Crippen LogP contribution in [0.25, 0.3) is 0 Å². The van der Waals surface area contributed by atoms with Gasteiger partial charge in [0.2, 0.25) is 5.91 Å². The summed E-state index contributed by atoms with van der Waals surface area (Å²) in [6, 6.07) is 3.75. The topological polar surface area (TPSA) is 66.4 Å². The molecule has 26 heavy (non-hydrogen) atoms. The number of anilines is 1. The standard InChI is InChI=1S/C16H12BrF3N4O2/c17-11-5-10(7-21-8-11)15(26)23-3-4-24(14(25)9-23)12-1-2-22-13(6-12)16(18,19)20/h1-2,5-8H,3-4,9H2. The highest BCUT2D eigenvalue weighted by atomic mass is 79.9. The van der Waals surface area contributed by atoms with E-state index in [2.05, 4.69) is 25.9 Å². The quantitative estimate of drug-likeness (QED) is 0.737. The van der Waals surface area contributed by atoms with E-state index in [0.717, 1.165) is 12.3 Å². The summed E-state index contributed by atoms with van der Waals surface area (Å²) in [4.78, 5) is 34.6. The Morgan fingerprint density at radius 3 is 2.62 bits per heavy atom. The molecule has 6 nitrogen and oxygen atoms in total. The lowest BCUT2D eigenvalue weighted by atomic mass is 10.2. The van der Waals surface area contributed by atoms with Crippen molar-refractivity contribution in [2.24, 2.45) is 0 Å². The molecule has 0 unspecified atom stereocenters. The zero-order valence-electron chi connectivity index (χ0n) is 13.2. The van der Waals surface area contributed by atoms with Crippen molar-refractivity contribution in [1.82, 2.24) is 14.9 Å². The van der Waals surface area contributed by atoms with Gasteiger partial charge in [-0.1, -0.05) is 0 Å². The minimum absolute atomic E-state index is 0.0906. The second-order valence-electron chi connectivity index (χ2n) is 5.56. The van der Waals surface area contributed by atoms with E-state index >= 15 is 0 Å². The van der Waals surface area contributed by atoms with Crippen molar-refractivity contribution in [2.45, 2.75) is 6.18 Å². The zero-order chi connectivity index (χ0) is 18.9. The number of pyridine rings is 2. The normalized spacial score (nSPS) is 15.3. The van der Waals surface area contributed by atoms with Crippen molar-refractivity contribution in [3.63, 3.8) is 0 Å². The minimum atomic E-state index is -4.59. The van der Waals surface area contributed by atoms with Crippen molar-refractivity contribution in [3.8, 4) is 0 Å². The minimum Gasteiger partial charge on any atom is -0.327 e. The van der Waals surface area contributed by atoms with E-state index in [1.807, 2.05) is 0 Å². The van der Waals surface area contributed by atoms with E-state index in [1.54, 1.807) is 6.07 Å². The van der Waals surface area contributed by atoms with Gasteiger partial charge in [0.15, 0.2) is 0 Å². The van der Waals surface area contributed by atoms with Crippen LogP contribution in [0.3, 0.4) is 0 Å². The smallest absolute Gasteiger partial charge is 0.327 e. The van der Waals surface area contributed by atoms with Gasteiger partial charge in [0.25, 0.3) is 5.91 Å². The van der Waals surface area contributed by atoms with Gasteiger partial charge in [-0.3, -0.25) is 19.6 Å². The van der Waals surface area contributed by atoms with Gasteiger partial charge < -0.3 is 9.80 Å². The fourth-order valence-corrected chi connectivity index (χ4v) is 2.94. The first-order chi connectivity index (χ1) is 12.3. The second kappa shape index (κ2) is 7.02. The van der Waals surface area contributed by atoms with Crippen LogP contribution in [-0.2, 0) is 11.0 Å². The number of alkyl halides is 3. The van der Waals surface area contributed by atoms with Crippen LogP contribution < -0.4 is 4.90 Å². The van der Waals surface area contributed by atoms with Crippen molar-refractivity contribution in [3.05, 3.63) is 52.5 Å². The van der Waals surface area contributed by atoms with Crippen molar-refractivity contribution < 1.29 is 22.8 Å². The summed E-state index contributed by atoms with van der Waals surface area (Å²) in [6.45, 7) is 0.0586. The Bertz CT molecular complexity index is 859. The van der Waals surface area contributed by atoms with Crippen LogP contribution in [0.15, 0.2) is 41.3 Å². The number of aromatic nitrogens is 2. The molecule has 136 valence electrons. The highest BCUT2D eigenvalue weighted by molar-refractivity contribution is 9.10. The van der Waals surface area contributed by atoms with Crippen LogP contribution in [0.4, 0.5) is 18.9 Å². The maximum Gasteiger partial charge on any atom is 0.433 e. The van der Waals surface area contributed by atoms with Crippen molar-refractivity contribution in [2.75, 3.05) is 24.5 Å². The number of piperazine rings is 1. The van der Waals surface area contributed by atoms with Gasteiger partial charge in [0.1, 0.15) is 12.2 Å². The molecular weight excluding hydrogens is 417 g/mol. The molecule has 0 aliphatic carbocycles. The van der Waals surface area contributed by atoms with Crippen LogP contribution in [0.1, 0.15) is 16.1 Å². The van der Waals surface area contributed by atoms with E-state index in [4.69, 9.17) is 0 Å². The van der Waals surface area contributed by atoms with Crippen LogP contribution >= 0.6 is 15.9 Å². The molecule has 0 atom stereocenters. The predicted octanol–water partition coefficient (Wildman–Crippen LogP) is 2.75. The first-order valence-corrected chi connectivity index (χ1v) is 8.28. The molecule has 3 rings (SSSR count). The summed E-state index contributed by atoms with van der Waals surface area (Å²) in [5.74, 6) is -0.829. The molecule has 1 fully saturated rings. The Balaban J connectivity index is 1.75. The fraction of sp³-hybridized carbons (Fsp3) is 0.250. The molecule has 0 bridgehead atoms. The molecule has 2 aromatic rings. The zero-order valence-corrected chi connectivity index (χ0v) is 14.8. The summed E-state index contributed by atoms with van der Waals surface area (Å²) in [7, 11) is 0. The third kappa shape index (κ3) is 3.85. The van der Waals surface area contributed by atoms with Gasteiger partial charge in [0, 0.05) is 41.8 Å². The third-order valence-electron chi connectivity index (χ3n) is 3.81. The Labute approximate surface area is 154 Å². The molecule has 1 saturated heterocycles. The number of hydrogen-bond donors (Lipinski definition) is 0. The van der Waals surface area contributed by atoms with Crippen LogP contribution in [0, 0.1) is 0 Å². The molecule has 0 N–H and O–H groups in total. The monoisotopic (exact) mass is 428 g/mol. The largest absolute Gasteiger partial charge is 0.433 e. The maximum absolute atomic E-state index is 12.8. The molecule has 0 aromatic carbocycles. The van der Waals surface area contributed by atoms with Gasteiger partial charge >= 0.3 is 6.18 Å². The molecule has 2 aromatic heterocycles. The summed E-state index contributed by atoms with van der Waals surface area (Å²) in [5.41, 5.74) is -0.640. The van der Waals surface area contributed by atoms with Gasteiger partial charge in [-0.2, -0.15) is 13.2 Å². The lowest BCUT2D eigenvalue weighted by molar-refractivity contribution is -0.141. The summed E-state index contributed by atoms with van der Waals surface area (Å²) >= 11 is 3.22. The molecular formula is C16H12BrF3N4O2. The maximum atomic E-state index is 12.8. The van der Waals surface area contributed by atoms with Gasteiger partial charge in [-0.15, -0.1) is 0 Å². The lowest BCUT2D eigenvalue weighted by Crippen LogP contribution is -2.52. The van der Waals surface area contributed by atoms with E-state index in [1.165, 1.54) is 28.3 Å². The molecule has 2 amide bonds. The Morgan fingerprint density at radius 1 is 1.19 bits per heavy atom. The Hall–Kier alpha value is -2.49. The molecule has 1 aliphatic rings. The van der Waals surface area contributed by atoms with Crippen molar-refractivity contribution >= 4 is 33.4 Å². The van der Waals surface area contributed by atoms with E-state index in [-0.39, 0.29) is 31.2 Å². The number of carbonyl (C=O) groups excluding carboxylic acids is 2. The van der Waals surface area contributed by atoms with Gasteiger partial charge in [-0.05, 0) is 34.1 Å². The highest BCUT2D eigenvalue weighted by Crippen LogP contribution is 2.30. The SMILES string of the molecule is O=C(c1cncc(Br)c1)N1CCN(c2ccnc(C(F)(F)F)c2)C(=O)C1. The Morgan fingerprint density at radius 2 is 1.96 bits per heavy atom. The van der Waals surface area contributed by atoms with Crippen LogP contribution in [0.5, 0.6) is 0 Å². The molecule has 1 aliphatic heterocycles. The molecule has 0 saturated carbocycles. The number of amides is 2. The number of hydrogen-bond acceptors (Lipinski definition) is 4. The van der Waals surface area contributed by atoms with E-state index in [0.29, 0.717) is 10.0 Å². The molecule has 10 heteroatoms. The number of rotatable bonds is 2. The molecule has 3 heterocycles. The number of carbonyl (C=O) groups is 2. The van der Waals surface area contributed by atoms with Crippen LogP contribution in [-0.4, -0.2) is 46.3 Å². The highest BCUT2D eigenvalue weighted by Gasteiger charge is 2.34. The molecule has 0 radical (unpaired) electrons. The predicted molar refractivity (Wildman–Crippen MR) is 89.4 cm³/mol. The first-order valence-electron chi connectivity index (χ1n) is 7.49. The Kier molecular flexibility index (Phi) is 4.94. The average molecular weight is 429 g/mol. The van der Waals surface area contributed by atoms with Gasteiger partial charge in [-0.25, -0.2) is 0 Å². The summed E-state index contributed by atoms with van der Waals surface area (Å²) in [6.07, 6.45) is -0.662. The van der Waals surface area contributed by atoms with Crippen molar-refractivity contribution in [1.29, 1.82) is 0 Å². The van der Waals surface area contributed by atoms with Gasteiger partial charge in [0.05, 0.1) is 5.56 Å². The number of nitrogens with zero attached hydrogens (tertiary/aromatic N) is 4. The third-order valence-corrected chi connectivity index (χ3v) is 4.24. The first kappa shape index (κ1) is 18.3. The number of halogens is 4. The molecule has 0 spiro atoms. The van der Waals surface area contributed by atoms with E-state index < -0.39 is 17.8 Å². The average Bonchev–Trinajstić information content (AvgIpc) is 2.60. The van der Waals surface area contributed by atoms with Crippen LogP contribution in [0.2, 0.25) is 0 Å². The van der Waals surface area contributed by atoms with E-state index in [9.17, 15) is 22.8 Å². The summed E-state index contributed by atoms with van der Waals surface area (Å²) < 4.78 is 39.0. The second-order valence-corrected chi connectivity index (χ2v) is 6.48.